The SMILES string of the molecule is Cc1cc(F)c(N2CCN(C(=O)C(Cl)(Cl)Cl)CC2)cc1SCC(F)(F)F. The van der Waals surface area contributed by atoms with Crippen molar-refractivity contribution < 1.29 is 22.4 Å². The van der Waals surface area contributed by atoms with E-state index in [1.54, 1.807) is 11.8 Å². The number of carbonyl (C=O) groups is 1. The van der Waals surface area contributed by atoms with E-state index in [-0.39, 0.29) is 31.9 Å². The van der Waals surface area contributed by atoms with Crippen LogP contribution in [0.1, 0.15) is 5.56 Å². The average molecular weight is 454 g/mol. The molecule has 1 aliphatic heterocycles. The van der Waals surface area contributed by atoms with E-state index in [1.807, 2.05) is 0 Å². The molecule has 0 spiro atoms. The lowest BCUT2D eigenvalue weighted by Crippen LogP contribution is -2.52. The van der Waals surface area contributed by atoms with Gasteiger partial charge in [0.25, 0.3) is 9.70 Å². The minimum absolute atomic E-state index is 0.196. The molecular weight excluding hydrogens is 439 g/mol. The molecule has 0 unspecified atom stereocenters. The van der Waals surface area contributed by atoms with Gasteiger partial charge in [-0.15, -0.1) is 11.8 Å². The Kier molecular flexibility index (Phi) is 6.86. The van der Waals surface area contributed by atoms with Gasteiger partial charge in [-0.2, -0.15) is 13.2 Å². The van der Waals surface area contributed by atoms with Crippen molar-refractivity contribution in [2.24, 2.45) is 0 Å². The van der Waals surface area contributed by atoms with Gasteiger partial charge < -0.3 is 9.80 Å². The number of nitrogens with zero attached hydrogens (tertiary/aromatic N) is 2. The standard InChI is InChI=1S/C15H15Cl3F4N2OS/c1-9-6-10(19)11(7-12(9)26-8-14(20,21)22)23-2-4-24(5-3-23)13(25)15(16,17)18/h6-7H,2-5,8H2,1H3. The van der Waals surface area contributed by atoms with Gasteiger partial charge in [-0.1, -0.05) is 34.8 Å². The molecule has 1 amide bonds. The fraction of sp³-hybridized carbons (Fsp3) is 0.533. The monoisotopic (exact) mass is 452 g/mol. The molecule has 1 heterocycles. The molecule has 26 heavy (non-hydrogen) atoms. The first-order valence-corrected chi connectivity index (χ1v) is 9.61. The highest BCUT2D eigenvalue weighted by Crippen LogP contribution is 2.34. The zero-order valence-electron chi connectivity index (χ0n) is 13.5. The molecule has 2 rings (SSSR count). The van der Waals surface area contributed by atoms with E-state index in [0.29, 0.717) is 22.2 Å². The summed E-state index contributed by atoms with van der Waals surface area (Å²) in [7, 11) is 0. The summed E-state index contributed by atoms with van der Waals surface area (Å²) in [6.07, 6.45) is -4.31. The number of carbonyl (C=O) groups excluding carboxylic acids is 1. The van der Waals surface area contributed by atoms with E-state index in [2.05, 4.69) is 0 Å². The predicted molar refractivity (Wildman–Crippen MR) is 97.0 cm³/mol. The number of thioether (sulfide) groups is 1. The maximum Gasteiger partial charge on any atom is 0.398 e. The summed E-state index contributed by atoms with van der Waals surface area (Å²) in [6.45, 7) is 2.53. The molecule has 0 radical (unpaired) electrons. The Morgan fingerprint density at radius 3 is 2.23 bits per heavy atom. The van der Waals surface area contributed by atoms with Crippen molar-refractivity contribution in [3.8, 4) is 0 Å². The number of benzene rings is 1. The van der Waals surface area contributed by atoms with Crippen LogP contribution < -0.4 is 4.90 Å². The highest BCUT2D eigenvalue weighted by atomic mass is 35.6. The number of halogens is 7. The molecule has 0 N–H and O–H groups in total. The zero-order chi connectivity index (χ0) is 19.7. The quantitative estimate of drug-likeness (QED) is 0.373. The summed E-state index contributed by atoms with van der Waals surface area (Å²) in [5, 5.41) is 0. The minimum atomic E-state index is -4.31. The lowest BCUT2D eigenvalue weighted by atomic mass is 10.2. The van der Waals surface area contributed by atoms with Gasteiger partial charge in [0.15, 0.2) is 0 Å². The molecule has 0 aliphatic carbocycles. The lowest BCUT2D eigenvalue weighted by Gasteiger charge is -2.37. The molecular formula is C15H15Cl3F4N2OS. The van der Waals surface area contributed by atoms with Gasteiger partial charge in [0.1, 0.15) is 5.82 Å². The van der Waals surface area contributed by atoms with E-state index < -0.39 is 27.4 Å². The van der Waals surface area contributed by atoms with Gasteiger partial charge in [0, 0.05) is 31.1 Å². The molecule has 0 aromatic heterocycles. The van der Waals surface area contributed by atoms with Gasteiger partial charge in [-0.05, 0) is 24.6 Å². The Morgan fingerprint density at radius 2 is 1.73 bits per heavy atom. The molecule has 1 aromatic carbocycles. The van der Waals surface area contributed by atoms with Crippen LogP contribution in [-0.2, 0) is 4.79 Å². The third kappa shape index (κ3) is 5.71. The Morgan fingerprint density at radius 1 is 1.15 bits per heavy atom. The van der Waals surface area contributed by atoms with Crippen molar-refractivity contribution in [3.05, 3.63) is 23.5 Å². The fourth-order valence-corrected chi connectivity index (χ4v) is 3.69. The normalized spacial score (nSPS) is 16.2. The van der Waals surface area contributed by atoms with Crippen molar-refractivity contribution in [1.29, 1.82) is 0 Å². The number of aryl methyl sites for hydroxylation is 1. The molecule has 1 aliphatic rings. The van der Waals surface area contributed by atoms with Gasteiger partial charge in [-0.3, -0.25) is 4.79 Å². The second-order valence-electron chi connectivity index (χ2n) is 5.75. The molecule has 0 saturated carbocycles. The van der Waals surface area contributed by atoms with Crippen molar-refractivity contribution in [2.75, 3.05) is 36.8 Å². The summed E-state index contributed by atoms with van der Waals surface area (Å²) in [5.74, 6) is -2.24. The number of piperazine rings is 1. The summed E-state index contributed by atoms with van der Waals surface area (Å²) < 4.78 is 49.6. The number of alkyl halides is 6. The summed E-state index contributed by atoms with van der Waals surface area (Å²) in [4.78, 5) is 15.3. The molecule has 0 atom stereocenters. The smallest absolute Gasteiger partial charge is 0.366 e. The van der Waals surface area contributed by atoms with Gasteiger partial charge >= 0.3 is 6.18 Å². The number of hydrogen-bond acceptors (Lipinski definition) is 3. The number of amides is 1. The first-order chi connectivity index (χ1) is 11.9. The minimum Gasteiger partial charge on any atom is -0.366 e. The summed E-state index contributed by atoms with van der Waals surface area (Å²) in [5.41, 5.74) is 0.631. The third-order valence-electron chi connectivity index (χ3n) is 3.79. The first-order valence-electron chi connectivity index (χ1n) is 7.49. The molecule has 11 heteroatoms. The second kappa shape index (κ2) is 8.20. The molecule has 146 valence electrons. The molecule has 0 bridgehead atoms. The van der Waals surface area contributed by atoms with Crippen molar-refractivity contribution in [3.63, 3.8) is 0 Å². The van der Waals surface area contributed by atoms with E-state index in [1.165, 1.54) is 17.0 Å². The maximum atomic E-state index is 14.3. The van der Waals surface area contributed by atoms with Crippen LogP contribution in [0.4, 0.5) is 23.2 Å². The Balaban J connectivity index is 2.11. The van der Waals surface area contributed by atoms with E-state index in [0.717, 1.165) is 0 Å². The highest BCUT2D eigenvalue weighted by Gasteiger charge is 2.36. The molecule has 1 fully saturated rings. The molecule has 1 aromatic rings. The van der Waals surface area contributed by atoms with Crippen LogP contribution in [-0.4, -0.2) is 52.7 Å². The van der Waals surface area contributed by atoms with Crippen LogP contribution in [0.5, 0.6) is 0 Å². The zero-order valence-corrected chi connectivity index (χ0v) is 16.6. The lowest BCUT2D eigenvalue weighted by molar-refractivity contribution is -0.130. The largest absolute Gasteiger partial charge is 0.398 e. The van der Waals surface area contributed by atoms with Gasteiger partial charge in [0.05, 0.1) is 11.4 Å². The van der Waals surface area contributed by atoms with Crippen LogP contribution in [0.2, 0.25) is 0 Å². The summed E-state index contributed by atoms with van der Waals surface area (Å²) >= 11 is 17.3. The van der Waals surface area contributed by atoms with Gasteiger partial charge in [-0.25, -0.2) is 4.39 Å². The first kappa shape index (κ1) is 21.7. The Bertz CT molecular complexity index is 674. The second-order valence-corrected chi connectivity index (χ2v) is 9.05. The fourth-order valence-electron chi connectivity index (χ4n) is 2.53. The van der Waals surface area contributed by atoms with E-state index in [9.17, 15) is 22.4 Å². The molecule has 3 nitrogen and oxygen atoms in total. The van der Waals surface area contributed by atoms with Crippen molar-refractivity contribution >= 4 is 58.2 Å². The van der Waals surface area contributed by atoms with Crippen LogP contribution >= 0.6 is 46.6 Å². The average Bonchev–Trinajstić information content (AvgIpc) is 2.52. The third-order valence-corrected chi connectivity index (χ3v) is 5.49. The number of rotatable bonds is 3. The van der Waals surface area contributed by atoms with Crippen LogP contribution in [0.25, 0.3) is 0 Å². The van der Waals surface area contributed by atoms with Crippen LogP contribution in [0, 0.1) is 12.7 Å². The number of anilines is 1. The Labute approximate surface area is 167 Å². The van der Waals surface area contributed by atoms with Crippen LogP contribution in [0.3, 0.4) is 0 Å². The predicted octanol–water partition coefficient (Wildman–Crippen LogP) is 4.81. The number of hydrogen-bond donors (Lipinski definition) is 0. The highest BCUT2D eigenvalue weighted by molar-refractivity contribution is 7.99. The summed E-state index contributed by atoms with van der Waals surface area (Å²) in [6, 6.07) is 2.63. The van der Waals surface area contributed by atoms with Crippen molar-refractivity contribution in [1.82, 2.24) is 4.90 Å². The Hall–Kier alpha value is -0.570. The van der Waals surface area contributed by atoms with Crippen molar-refractivity contribution in [2.45, 2.75) is 21.8 Å². The van der Waals surface area contributed by atoms with Gasteiger partial charge in [0.2, 0.25) is 0 Å². The van der Waals surface area contributed by atoms with Crippen LogP contribution in [0.15, 0.2) is 17.0 Å². The molecule has 1 saturated heterocycles. The topological polar surface area (TPSA) is 23.6 Å². The van der Waals surface area contributed by atoms with E-state index in [4.69, 9.17) is 34.8 Å². The van der Waals surface area contributed by atoms with E-state index >= 15 is 0 Å². The maximum absolute atomic E-state index is 14.3.